The number of alkyl halides is 4. The number of carbonyl (C=O) groups excluding carboxylic acids is 1. The molecule has 0 aliphatic heterocycles. The summed E-state index contributed by atoms with van der Waals surface area (Å²) in [5, 5.41) is 2.70. The van der Waals surface area contributed by atoms with E-state index in [1.54, 1.807) is 19.1 Å². The number of allylic oxidation sites excluding steroid dienone is 1. The minimum absolute atomic E-state index is 0.340. The van der Waals surface area contributed by atoms with Crippen LogP contribution in [0.3, 0.4) is 0 Å². The molecule has 1 amide bonds. The molecule has 1 N–H and O–H groups in total. The van der Waals surface area contributed by atoms with Gasteiger partial charge in [-0.25, -0.2) is 0 Å². The lowest BCUT2D eigenvalue weighted by Gasteiger charge is -2.13. The predicted octanol–water partition coefficient (Wildman–Crippen LogP) is 5.24. The highest BCUT2D eigenvalue weighted by Gasteiger charge is 2.16. The van der Waals surface area contributed by atoms with Gasteiger partial charge in [0.2, 0.25) is 5.91 Å². The molecule has 0 bridgehead atoms. The van der Waals surface area contributed by atoms with E-state index in [9.17, 15) is 22.4 Å². The number of para-hydroxylation sites is 1. The third-order valence-corrected chi connectivity index (χ3v) is 3.58. The van der Waals surface area contributed by atoms with E-state index >= 15 is 0 Å². The Bertz CT molecular complexity index is 837. The average molecular weight is 383 g/mol. The second kappa shape index (κ2) is 9.07. The summed E-state index contributed by atoms with van der Waals surface area (Å²) in [6, 6.07) is 10.7. The lowest BCUT2D eigenvalue weighted by Crippen LogP contribution is -2.10. The summed E-state index contributed by atoms with van der Waals surface area (Å²) in [5.74, 6) is -1.49. The van der Waals surface area contributed by atoms with Gasteiger partial charge in [-0.15, -0.1) is 0 Å². The number of aryl methyl sites for hydroxylation is 1. The Balaban J connectivity index is 2.23. The number of ether oxygens (including phenoxy) is 2. The fourth-order valence-corrected chi connectivity index (χ4v) is 2.30. The minimum atomic E-state index is -3.21. The van der Waals surface area contributed by atoms with Crippen molar-refractivity contribution in [3.8, 4) is 11.5 Å². The summed E-state index contributed by atoms with van der Waals surface area (Å²) in [6.45, 7) is -2.99. The fourth-order valence-electron chi connectivity index (χ4n) is 2.30. The highest BCUT2D eigenvalue weighted by Crippen LogP contribution is 2.33. The molecule has 27 heavy (non-hydrogen) atoms. The zero-order valence-corrected chi connectivity index (χ0v) is 14.5. The number of benzene rings is 2. The van der Waals surface area contributed by atoms with Crippen LogP contribution in [0.4, 0.5) is 23.2 Å². The van der Waals surface area contributed by atoms with Crippen LogP contribution < -0.4 is 14.8 Å². The molecule has 0 aliphatic rings. The number of rotatable bonds is 7. The Morgan fingerprint density at radius 2 is 1.63 bits per heavy atom. The highest BCUT2D eigenvalue weighted by atomic mass is 19.3. The first-order valence-corrected chi connectivity index (χ1v) is 7.85. The van der Waals surface area contributed by atoms with Gasteiger partial charge < -0.3 is 14.8 Å². The van der Waals surface area contributed by atoms with Crippen molar-refractivity contribution in [2.75, 3.05) is 5.32 Å². The van der Waals surface area contributed by atoms with E-state index in [0.29, 0.717) is 16.8 Å². The van der Waals surface area contributed by atoms with Gasteiger partial charge in [0.25, 0.3) is 0 Å². The Kier molecular flexibility index (Phi) is 6.81. The molecule has 4 nitrogen and oxygen atoms in total. The van der Waals surface area contributed by atoms with E-state index in [0.717, 1.165) is 17.7 Å². The van der Waals surface area contributed by atoms with Gasteiger partial charge in [-0.1, -0.05) is 24.3 Å². The van der Waals surface area contributed by atoms with E-state index in [1.807, 2.05) is 19.1 Å². The summed E-state index contributed by atoms with van der Waals surface area (Å²) in [4.78, 5) is 12.2. The Labute approximate surface area is 153 Å². The molecule has 0 fully saturated rings. The van der Waals surface area contributed by atoms with Crippen molar-refractivity contribution in [3.63, 3.8) is 0 Å². The van der Waals surface area contributed by atoms with E-state index < -0.39 is 30.6 Å². The highest BCUT2D eigenvalue weighted by molar-refractivity contribution is 6.04. The topological polar surface area (TPSA) is 47.6 Å². The standard InChI is InChI=1S/C19H17F4NO3/c1-11-5-3-4-6-14(11)24-17(25)9-12(2)13-7-8-15(26-18(20)21)16(10-13)27-19(22)23/h3-10,18-19H,1-2H3,(H,24,25)/b12-9+. The monoisotopic (exact) mass is 383 g/mol. The Morgan fingerprint density at radius 1 is 1.00 bits per heavy atom. The Hall–Kier alpha value is -3.03. The number of nitrogens with one attached hydrogen (secondary N) is 1. The molecule has 0 aliphatic carbocycles. The molecular formula is C19H17F4NO3. The number of hydrogen-bond acceptors (Lipinski definition) is 3. The van der Waals surface area contributed by atoms with Crippen LogP contribution in [0.1, 0.15) is 18.1 Å². The molecule has 0 saturated heterocycles. The molecule has 0 unspecified atom stereocenters. The molecule has 144 valence electrons. The van der Waals surface area contributed by atoms with Crippen LogP contribution in [0.5, 0.6) is 11.5 Å². The van der Waals surface area contributed by atoms with Crippen LogP contribution in [-0.4, -0.2) is 19.1 Å². The van der Waals surface area contributed by atoms with Crippen molar-refractivity contribution in [2.45, 2.75) is 27.1 Å². The SMILES string of the molecule is C/C(=C\C(=O)Nc1ccccc1C)c1ccc(OC(F)F)c(OC(F)F)c1. The molecule has 0 aromatic heterocycles. The van der Waals surface area contributed by atoms with Gasteiger partial charge in [-0.2, -0.15) is 17.6 Å². The lowest BCUT2D eigenvalue weighted by atomic mass is 10.1. The Morgan fingerprint density at radius 3 is 2.26 bits per heavy atom. The average Bonchev–Trinajstić information content (AvgIpc) is 2.57. The van der Waals surface area contributed by atoms with Crippen LogP contribution in [-0.2, 0) is 4.79 Å². The van der Waals surface area contributed by atoms with Crippen molar-refractivity contribution >= 4 is 17.2 Å². The second-order valence-electron chi connectivity index (χ2n) is 5.55. The number of amides is 1. The molecule has 8 heteroatoms. The van der Waals surface area contributed by atoms with Gasteiger partial charge in [0.15, 0.2) is 11.5 Å². The molecule has 2 rings (SSSR count). The van der Waals surface area contributed by atoms with E-state index in [1.165, 1.54) is 12.1 Å². The second-order valence-corrected chi connectivity index (χ2v) is 5.55. The zero-order chi connectivity index (χ0) is 20.0. The van der Waals surface area contributed by atoms with Gasteiger partial charge in [0.05, 0.1) is 0 Å². The molecule has 0 heterocycles. The van der Waals surface area contributed by atoms with Gasteiger partial charge in [-0.3, -0.25) is 4.79 Å². The molecular weight excluding hydrogens is 366 g/mol. The molecule has 2 aromatic rings. The van der Waals surface area contributed by atoms with Gasteiger partial charge in [-0.05, 0) is 48.7 Å². The maximum absolute atomic E-state index is 12.5. The van der Waals surface area contributed by atoms with Crippen molar-refractivity contribution in [1.82, 2.24) is 0 Å². The molecule has 0 atom stereocenters. The smallest absolute Gasteiger partial charge is 0.387 e. The lowest BCUT2D eigenvalue weighted by molar-refractivity contribution is -0.111. The minimum Gasteiger partial charge on any atom is -0.431 e. The molecule has 2 aromatic carbocycles. The first-order chi connectivity index (χ1) is 12.8. The first kappa shape index (κ1) is 20.3. The molecule has 0 saturated carbocycles. The molecule has 0 spiro atoms. The van der Waals surface area contributed by atoms with Crippen molar-refractivity contribution < 1.29 is 31.8 Å². The zero-order valence-electron chi connectivity index (χ0n) is 14.5. The summed E-state index contributed by atoms with van der Waals surface area (Å²) in [5.41, 5.74) is 2.27. The summed E-state index contributed by atoms with van der Waals surface area (Å²) < 4.78 is 58.2. The largest absolute Gasteiger partial charge is 0.431 e. The van der Waals surface area contributed by atoms with Crippen molar-refractivity contribution in [2.24, 2.45) is 0 Å². The van der Waals surface area contributed by atoms with Crippen LogP contribution in [0.2, 0.25) is 0 Å². The van der Waals surface area contributed by atoms with E-state index in [4.69, 9.17) is 0 Å². The summed E-state index contributed by atoms with van der Waals surface area (Å²) >= 11 is 0. The number of carbonyl (C=O) groups is 1. The third-order valence-electron chi connectivity index (χ3n) is 3.58. The number of anilines is 1. The van der Waals surface area contributed by atoms with Crippen LogP contribution in [0, 0.1) is 6.92 Å². The van der Waals surface area contributed by atoms with E-state index in [-0.39, 0.29) is 0 Å². The van der Waals surface area contributed by atoms with Crippen LogP contribution in [0.25, 0.3) is 5.57 Å². The van der Waals surface area contributed by atoms with E-state index in [2.05, 4.69) is 14.8 Å². The molecule has 0 radical (unpaired) electrons. The van der Waals surface area contributed by atoms with Gasteiger partial charge >= 0.3 is 13.2 Å². The third kappa shape index (κ3) is 6.02. The summed E-state index contributed by atoms with van der Waals surface area (Å²) in [7, 11) is 0. The van der Waals surface area contributed by atoms with Crippen molar-refractivity contribution in [3.05, 3.63) is 59.7 Å². The number of hydrogen-bond donors (Lipinski definition) is 1. The van der Waals surface area contributed by atoms with Crippen LogP contribution in [0.15, 0.2) is 48.5 Å². The maximum atomic E-state index is 12.5. The summed E-state index contributed by atoms with van der Waals surface area (Å²) in [6.07, 6.45) is 1.27. The van der Waals surface area contributed by atoms with Gasteiger partial charge in [0, 0.05) is 11.8 Å². The van der Waals surface area contributed by atoms with Gasteiger partial charge in [0.1, 0.15) is 0 Å². The maximum Gasteiger partial charge on any atom is 0.387 e. The predicted molar refractivity (Wildman–Crippen MR) is 93.2 cm³/mol. The quantitative estimate of drug-likeness (QED) is 0.525. The fraction of sp³-hybridized carbons (Fsp3) is 0.211. The van der Waals surface area contributed by atoms with Crippen molar-refractivity contribution in [1.29, 1.82) is 0 Å². The first-order valence-electron chi connectivity index (χ1n) is 7.85. The van der Waals surface area contributed by atoms with Crippen LogP contribution >= 0.6 is 0 Å². The number of halogens is 4. The normalized spacial score (nSPS) is 11.6.